The van der Waals surface area contributed by atoms with Crippen molar-refractivity contribution in [1.82, 2.24) is 4.90 Å². The molecule has 0 aromatic heterocycles. The molecular formula is C15H20N2O4. The summed E-state index contributed by atoms with van der Waals surface area (Å²) in [5, 5.41) is 8.65. The Bertz CT molecular complexity index is 512. The lowest BCUT2D eigenvalue weighted by atomic mass is 10.1. The number of amides is 1. The van der Waals surface area contributed by atoms with Crippen molar-refractivity contribution in [1.29, 1.82) is 5.26 Å². The maximum Gasteiger partial charge on any atom is 0.254 e. The zero-order chi connectivity index (χ0) is 15.8. The van der Waals surface area contributed by atoms with Gasteiger partial charge in [-0.05, 0) is 19.1 Å². The van der Waals surface area contributed by atoms with E-state index in [1.807, 2.05) is 13.0 Å². The van der Waals surface area contributed by atoms with E-state index in [1.165, 1.54) is 21.3 Å². The van der Waals surface area contributed by atoms with Crippen LogP contribution in [0.2, 0.25) is 0 Å². The first-order valence-electron chi connectivity index (χ1n) is 6.59. The van der Waals surface area contributed by atoms with Gasteiger partial charge in [-0.1, -0.05) is 0 Å². The van der Waals surface area contributed by atoms with Crippen LogP contribution in [0, 0.1) is 11.3 Å². The highest BCUT2D eigenvalue weighted by atomic mass is 16.5. The number of nitrogens with zero attached hydrogens (tertiary/aromatic N) is 2. The number of hydrogen-bond acceptors (Lipinski definition) is 5. The van der Waals surface area contributed by atoms with Gasteiger partial charge in [-0.25, -0.2) is 0 Å². The van der Waals surface area contributed by atoms with Gasteiger partial charge in [0.15, 0.2) is 11.5 Å². The molecule has 0 N–H and O–H groups in total. The lowest BCUT2D eigenvalue weighted by molar-refractivity contribution is 0.0767. The van der Waals surface area contributed by atoms with Crippen molar-refractivity contribution < 1.29 is 19.0 Å². The number of hydrogen-bond donors (Lipinski definition) is 0. The van der Waals surface area contributed by atoms with Crippen molar-refractivity contribution in [2.24, 2.45) is 0 Å². The van der Waals surface area contributed by atoms with E-state index in [1.54, 1.807) is 17.0 Å². The normalized spacial score (nSPS) is 9.67. The number of carbonyl (C=O) groups excluding carboxylic acids is 1. The van der Waals surface area contributed by atoms with Crippen LogP contribution in [0.15, 0.2) is 12.1 Å². The van der Waals surface area contributed by atoms with E-state index in [2.05, 4.69) is 0 Å². The van der Waals surface area contributed by atoms with Crippen molar-refractivity contribution >= 4 is 5.91 Å². The molecule has 0 saturated heterocycles. The van der Waals surface area contributed by atoms with Crippen molar-refractivity contribution in [2.45, 2.75) is 13.3 Å². The lowest BCUT2D eigenvalue weighted by Crippen LogP contribution is -2.31. The van der Waals surface area contributed by atoms with Gasteiger partial charge in [0, 0.05) is 18.7 Å². The minimum atomic E-state index is -0.174. The molecular weight excluding hydrogens is 272 g/mol. The SMILES string of the molecule is CCN(CCC#N)C(=O)c1cc(OC)c(OC)c(OC)c1. The third-order valence-electron chi connectivity index (χ3n) is 3.07. The Morgan fingerprint density at radius 2 is 1.76 bits per heavy atom. The van der Waals surface area contributed by atoms with Crippen LogP contribution in [-0.4, -0.2) is 45.2 Å². The van der Waals surface area contributed by atoms with E-state index in [-0.39, 0.29) is 5.91 Å². The van der Waals surface area contributed by atoms with Gasteiger partial charge in [0.1, 0.15) is 0 Å². The van der Waals surface area contributed by atoms with Gasteiger partial charge in [0.05, 0.1) is 33.8 Å². The number of nitriles is 1. The van der Waals surface area contributed by atoms with Gasteiger partial charge >= 0.3 is 0 Å². The monoisotopic (exact) mass is 292 g/mol. The van der Waals surface area contributed by atoms with Crippen LogP contribution in [-0.2, 0) is 0 Å². The Morgan fingerprint density at radius 3 is 2.14 bits per heavy atom. The first-order chi connectivity index (χ1) is 10.1. The van der Waals surface area contributed by atoms with Gasteiger partial charge in [0.25, 0.3) is 5.91 Å². The fourth-order valence-electron chi connectivity index (χ4n) is 1.98. The van der Waals surface area contributed by atoms with Crippen LogP contribution in [0.3, 0.4) is 0 Å². The molecule has 1 rings (SSSR count). The molecule has 1 aromatic rings. The Balaban J connectivity index is 3.17. The highest BCUT2D eigenvalue weighted by molar-refractivity contribution is 5.95. The van der Waals surface area contributed by atoms with E-state index in [4.69, 9.17) is 19.5 Å². The van der Waals surface area contributed by atoms with Gasteiger partial charge < -0.3 is 19.1 Å². The summed E-state index contributed by atoms with van der Waals surface area (Å²) in [7, 11) is 4.50. The maximum absolute atomic E-state index is 12.5. The van der Waals surface area contributed by atoms with Gasteiger partial charge in [0.2, 0.25) is 5.75 Å². The third kappa shape index (κ3) is 3.78. The average molecular weight is 292 g/mol. The number of benzene rings is 1. The first-order valence-corrected chi connectivity index (χ1v) is 6.59. The van der Waals surface area contributed by atoms with Crippen LogP contribution >= 0.6 is 0 Å². The molecule has 0 heterocycles. The van der Waals surface area contributed by atoms with Crippen LogP contribution in [0.5, 0.6) is 17.2 Å². The molecule has 0 saturated carbocycles. The van der Waals surface area contributed by atoms with E-state index >= 15 is 0 Å². The third-order valence-corrected chi connectivity index (χ3v) is 3.07. The van der Waals surface area contributed by atoms with Gasteiger partial charge in [-0.2, -0.15) is 5.26 Å². The van der Waals surface area contributed by atoms with Gasteiger partial charge in [-0.3, -0.25) is 4.79 Å². The molecule has 6 nitrogen and oxygen atoms in total. The van der Waals surface area contributed by atoms with E-state index in [0.717, 1.165) is 0 Å². The average Bonchev–Trinajstić information content (AvgIpc) is 2.53. The smallest absolute Gasteiger partial charge is 0.254 e. The molecule has 0 fully saturated rings. The zero-order valence-corrected chi connectivity index (χ0v) is 12.8. The first kappa shape index (κ1) is 16.6. The second-order valence-corrected chi connectivity index (χ2v) is 4.21. The second kappa shape index (κ2) is 8.00. The summed E-state index contributed by atoms with van der Waals surface area (Å²) in [6, 6.07) is 5.26. The molecule has 114 valence electrons. The van der Waals surface area contributed by atoms with E-state index in [0.29, 0.717) is 42.3 Å². The Kier molecular flexibility index (Phi) is 6.34. The van der Waals surface area contributed by atoms with Gasteiger partial charge in [-0.15, -0.1) is 0 Å². The molecule has 1 aromatic carbocycles. The fraction of sp³-hybridized carbons (Fsp3) is 0.467. The number of rotatable bonds is 7. The predicted octanol–water partition coefficient (Wildman–Crippen LogP) is 2.09. The summed E-state index contributed by atoms with van der Waals surface area (Å²) in [5.41, 5.74) is 0.435. The summed E-state index contributed by atoms with van der Waals surface area (Å²) in [6.07, 6.45) is 0.296. The summed E-state index contributed by atoms with van der Waals surface area (Å²) < 4.78 is 15.7. The quantitative estimate of drug-likeness (QED) is 0.769. The van der Waals surface area contributed by atoms with Crippen molar-refractivity contribution in [3.05, 3.63) is 17.7 Å². The number of ether oxygens (including phenoxy) is 3. The van der Waals surface area contributed by atoms with Crippen LogP contribution in [0.1, 0.15) is 23.7 Å². The van der Waals surface area contributed by atoms with Crippen molar-refractivity contribution in [3.8, 4) is 23.3 Å². The van der Waals surface area contributed by atoms with Crippen molar-refractivity contribution in [3.63, 3.8) is 0 Å². The zero-order valence-electron chi connectivity index (χ0n) is 12.8. The standard InChI is InChI=1S/C15H20N2O4/c1-5-17(8-6-7-16)15(18)11-9-12(19-2)14(21-4)13(10-11)20-3/h9-10H,5-6,8H2,1-4H3. The molecule has 0 aliphatic rings. The Hall–Kier alpha value is -2.42. The molecule has 1 amide bonds. The topological polar surface area (TPSA) is 71.8 Å². The van der Waals surface area contributed by atoms with Crippen LogP contribution < -0.4 is 14.2 Å². The highest BCUT2D eigenvalue weighted by Gasteiger charge is 2.20. The molecule has 0 spiro atoms. The van der Waals surface area contributed by atoms with Crippen LogP contribution in [0.25, 0.3) is 0 Å². The molecule has 0 aliphatic carbocycles. The van der Waals surface area contributed by atoms with E-state index in [9.17, 15) is 4.79 Å². The Morgan fingerprint density at radius 1 is 1.19 bits per heavy atom. The summed E-state index contributed by atoms with van der Waals surface area (Å²) >= 11 is 0. The molecule has 21 heavy (non-hydrogen) atoms. The maximum atomic E-state index is 12.5. The minimum absolute atomic E-state index is 0.174. The van der Waals surface area contributed by atoms with E-state index < -0.39 is 0 Å². The molecule has 0 unspecified atom stereocenters. The summed E-state index contributed by atoms with van der Waals surface area (Å²) in [6.45, 7) is 2.78. The highest BCUT2D eigenvalue weighted by Crippen LogP contribution is 2.38. The predicted molar refractivity (Wildman–Crippen MR) is 77.9 cm³/mol. The molecule has 0 atom stereocenters. The minimum Gasteiger partial charge on any atom is -0.493 e. The number of carbonyl (C=O) groups is 1. The molecule has 0 bridgehead atoms. The Labute approximate surface area is 124 Å². The van der Waals surface area contributed by atoms with Crippen molar-refractivity contribution in [2.75, 3.05) is 34.4 Å². The largest absolute Gasteiger partial charge is 0.493 e. The number of methoxy groups -OCH3 is 3. The molecule has 6 heteroatoms. The summed E-state index contributed by atoms with van der Waals surface area (Å²) in [5.74, 6) is 1.12. The molecule has 0 aliphatic heterocycles. The van der Waals surface area contributed by atoms with Crippen LogP contribution in [0.4, 0.5) is 0 Å². The lowest BCUT2D eigenvalue weighted by Gasteiger charge is -2.21. The summed E-state index contributed by atoms with van der Waals surface area (Å²) in [4.78, 5) is 14.1. The second-order valence-electron chi connectivity index (χ2n) is 4.21. The molecule has 0 radical (unpaired) electrons. The fourth-order valence-corrected chi connectivity index (χ4v) is 1.98.